The van der Waals surface area contributed by atoms with Crippen LogP contribution < -0.4 is 31.9 Å². The van der Waals surface area contributed by atoms with E-state index in [-0.39, 0.29) is 76.1 Å². The number of nitrogens with zero attached hydrogens (tertiary/aromatic N) is 2. The maximum absolute atomic E-state index is 14.0. The molecule has 2 aliphatic heterocycles. The first-order valence-corrected chi connectivity index (χ1v) is 28.6. The van der Waals surface area contributed by atoms with Crippen LogP contribution in [0.4, 0.5) is 9.59 Å². The number of carbonyl (C=O) groups excluding carboxylic acids is 9. The van der Waals surface area contributed by atoms with Crippen LogP contribution in [0.25, 0.3) is 0 Å². The molecule has 20 nitrogen and oxygen atoms in total. The molecular formula is C58H94N8O12. The molecule has 2 saturated heterocycles. The molecule has 8 fully saturated rings. The Morgan fingerprint density at radius 3 is 1.27 bits per heavy atom. The summed E-state index contributed by atoms with van der Waals surface area (Å²) in [6.07, 6.45) is 2.53. The van der Waals surface area contributed by atoms with Crippen LogP contribution >= 0.6 is 0 Å². The third-order valence-electron chi connectivity index (χ3n) is 17.9. The third-order valence-corrected chi connectivity index (χ3v) is 17.9. The van der Waals surface area contributed by atoms with Gasteiger partial charge in [0.05, 0.1) is 5.54 Å². The minimum Gasteiger partial charge on any atom is -0.444 e. The average molecular weight is 1100 g/mol. The van der Waals surface area contributed by atoms with Crippen LogP contribution in [0, 0.1) is 57.2 Å². The number of aliphatic hydroxyl groups is 1. The topological polar surface area (TPSA) is 271 Å². The normalized spacial score (nSPS) is 32.2. The lowest BCUT2D eigenvalue weighted by Gasteiger charge is -2.50. The van der Waals surface area contributed by atoms with Crippen LogP contribution in [-0.4, -0.2) is 146 Å². The number of hydrogen-bond donors (Lipinski definition) is 7. The lowest BCUT2D eigenvalue weighted by molar-refractivity contribution is -0.150. The Balaban J connectivity index is 0.000000226. The van der Waals surface area contributed by atoms with E-state index >= 15 is 0 Å². The number of alkyl carbamates (subject to hydrolysis) is 2. The third kappa shape index (κ3) is 12.8. The second-order valence-corrected chi connectivity index (χ2v) is 30.2. The molecule has 8 amide bonds. The van der Waals surface area contributed by atoms with Crippen molar-refractivity contribution in [3.63, 3.8) is 0 Å². The molecule has 8 aliphatic rings. The summed E-state index contributed by atoms with van der Waals surface area (Å²) in [6, 6.07) is -3.25. The van der Waals surface area contributed by atoms with E-state index in [0.717, 1.165) is 25.7 Å². The fourth-order valence-corrected chi connectivity index (χ4v) is 13.2. The highest BCUT2D eigenvalue weighted by Crippen LogP contribution is 2.66. The molecule has 9 atom stereocenters. The number of ether oxygens (including phenoxy) is 2. The van der Waals surface area contributed by atoms with Gasteiger partial charge >= 0.3 is 12.2 Å². The predicted molar refractivity (Wildman–Crippen MR) is 290 cm³/mol. The molecule has 1 unspecified atom stereocenters. The summed E-state index contributed by atoms with van der Waals surface area (Å²) in [4.78, 5) is 123. The van der Waals surface area contributed by atoms with E-state index in [1.807, 2.05) is 55.4 Å². The summed E-state index contributed by atoms with van der Waals surface area (Å²) in [6.45, 7) is 34.8. The highest BCUT2D eigenvalue weighted by Gasteiger charge is 2.72. The van der Waals surface area contributed by atoms with Gasteiger partial charge in [0, 0.05) is 25.2 Å². The maximum atomic E-state index is 14.0. The summed E-state index contributed by atoms with van der Waals surface area (Å²) in [5.74, 6) is -2.56. The van der Waals surface area contributed by atoms with Crippen molar-refractivity contribution < 1.29 is 57.7 Å². The SMILES string of the molecule is CC1CC(NC(=O)[C@@H]2[C@@H]3[C@H](CN2C(=O)[C@@H](NC(=O)OC(C)(C)C)C(C)(C)C)C3(C)C)(C(=O)C(=O)NC2CC2)C1.CC1CC(NC(=O)[C@@H]2[C@@H]3[C@H](CN2C(=O)[C@@H](NC(=O)OC(C)(C)C)C(C)(C)C)C3(C)C)(C(O)C(=O)NC2CC2)C1. The van der Waals surface area contributed by atoms with Crippen LogP contribution in [0.5, 0.6) is 0 Å². The summed E-state index contributed by atoms with van der Waals surface area (Å²) in [5.41, 5.74) is -5.31. The van der Waals surface area contributed by atoms with Gasteiger partial charge in [-0.25, -0.2) is 9.59 Å². The Morgan fingerprint density at radius 2 is 0.923 bits per heavy atom. The molecule has 78 heavy (non-hydrogen) atoms. The smallest absolute Gasteiger partial charge is 0.408 e. The predicted octanol–water partition coefficient (Wildman–Crippen LogP) is 4.87. The molecule has 0 bridgehead atoms. The van der Waals surface area contributed by atoms with Crippen molar-refractivity contribution >= 4 is 53.4 Å². The van der Waals surface area contributed by atoms with Crippen molar-refractivity contribution in [2.24, 2.45) is 57.2 Å². The molecule has 0 spiro atoms. The van der Waals surface area contributed by atoms with Crippen LogP contribution in [0.3, 0.4) is 0 Å². The van der Waals surface area contributed by atoms with Crippen LogP contribution in [0.15, 0.2) is 0 Å². The highest BCUT2D eigenvalue weighted by atomic mass is 16.6. The Morgan fingerprint density at radius 1 is 0.551 bits per heavy atom. The number of carbonyl (C=O) groups is 9. The largest absolute Gasteiger partial charge is 0.444 e. The Kier molecular flexibility index (Phi) is 15.9. The van der Waals surface area contributed by atoms with Crippen LogP contribution in [-0.2, 0) is 43.0 Å². The van der Waals surface area contributed by atoms with Crippen LogP contribution in [0.2, 0.25) is 0 Å². The van der Waals surface area contributed by atoms with E-state index in [1.54, 1.807) is 51.3 Å². The lowest BCUT2D eigenvalue weighted by Crippen LogP contribution is -2.69. The second kappa shape index (κ2) is 20.5. The molecule has 0 radical (unpaired) electrons. The van der Waals surface area contributed by atoms with Crippen molar-refractivity contribution in [1.29, 1.82) is 0 Å². The van der Waals surface area contributed by atoms with Gasteiger partial charge < -0.3 is 56.3 Å². The number of Topliss-reactive ketones (excluding diaryl/α,β-unsaturated/α-hetero) is 1. The molecule has 6 saturated carbocycles. The standard InChI is InChI=1S/C29H48N4O6.C29H46N4O6/c2*1-15-12-29(13-15,21(34)23(36)30-16-10-11-16)32-22(35)19-18-17(28(18,8)9)14-33(19)24(37)20(26(2,3)4)31-25(38)39-27(5,6)7/h15-21,34H,10-14H2,1-9H3,(H,30,36)(H,31,38)(H,32,35);15-20H,10-14H2,1-9H3,(H,30,36)(H,31,38)(H,32,35)/t15?,17-,18-,19-,20+,21?,29?;15?,17-,18-,19-,20+,29?/m00/s1. The Bertz CT molecular complexity index is 2410. The quantitative estimate of drug-likeness (QED) is 0.115. The molecular weight excluding hydrogens is 1000 g/mol. The van der Waals surface area contributed by atoms with Gasteiger partial charge in [-0.15, -0.1) is 0 Å². The zero-order valence-corrected chi connectivity index (χ0v) is 49.9. The van der Waals surface area contributed by atoms with E-state index in [4.69, 9.17) is 9.47 Å². The van der Waals surface area contributed by atoms with Gasteiger partial charge in [-0.2, -0.15) is 0 Å². The highest BCUT2D eigenvalue weighted by molar-refractivity contribution is 6.40. The first-order valence-electron chi connectivity index (χ1n) is 28.6. The van der Waals surface area contributed by atoms with E-state index < -0.39 is 99.1 Å². The van der Waals surface area contributed by atoms with Gasteiger partial charge in [0.15, 0.2) is 6.10 Å². The fourth-order valence-electron chi connectivity index (χ4n) is 13.2. The van der Waals surface area contributed by atoms with Crippen molar-refractivity contribution in [3.05, 3.63) is 0 Å². The molecule has 6 aliphatic carbocycles. The number of nitrogens with one attached hydrogen (secondary N) is 6. The van der Waals surface area contributed by atoms with Gasteiger partial charge in [0.1, 0.15) is 40.9 Å². The van der Waals surface area contributed by atoms with E-state index in [1.165, 1.54) is 0 Å². The molecule has 2 heterocycles. The number of hydrogen-bond acceptors (Lipinski definition) is 12. The van der Waals surface area contributed by atoms with Crippen LogP contribution in [0.1, 0.15) is 176 Å². The summed E-state index contributed by atoms with van der Waals surface area (Å²) in [7, 11) is 0. The Labute approximate surface area is 462 Å². The van der Waals surface area contributed by atoms with Crippen molar-refractivity contribution in [1.82, 2.24) is 41.7 Å². The van der Waals surface area contributed by atoms with Crippen molar-refractivity contribution in [2.75, 3.05) is 13.1 Å². The number of fused-ring (bicyclic) bond motifs is 2. The minimum atomic E-state index is -1.36. The number of piperidine rings is 2. The van der Waals surface area contributed by atoms with Gasteiger partial charge in [-0.1, -0.05) is 83.1 Å². The molecule has 20 heteroatoms. The number of aliphatic hydroxyl groups excluding tert-OH is 1. The average Bonchev–Trinajstić information content (AvgIpc) is 4.24. The monoisotopic (exact) mass is 1090 g/mol. The number of rotatable bonds is 14. The van der Waals surface area contributed by atoms with Gasteiger partial charge in [-0.05, 0) is 150 Å². The first kappa shape index (κ1) is 60.6. The molecule has 438 valence electrons. The van der Waals surface area contributed by atoms with Gasteiger partial charge in [-0.3, -0.25) is 33.6 Å². The molecule has 7 N–H and O–H groups in total. The van der Waals surface area contributed by atoms with Crippen molar-refractivity contribution in [3.8, 4) is 0 Å². The van der Waals surface area contributed by atoms with Gasteiger partial charge in [0.25, 0.3) is 11.8 Å². The fraction of sp³-hybridized carbons (Fsp3) is 0.845. The molecule has 0 aromatic carbocycles. The zero-order valence-electron chi connectivity index (χ0n) is 49.9. The number of amides is 8. The minimum absolute atomic E-state index is 0.0365. The molecule has 8 rings (SSSR count). The Hall–Kier alpha value is -5.01. The maximum Gasteiger partial charge on any atom is 0.408 e. The number of likely N-dealkylation sites (tertiary alicyclic amines) is 2. The van der Waals surface area contributed by atoms with Gasteiger partial charge in [0.2, 0.25) is 29.4 Å². The lowest BCUT2D eigenvalue weighted by atomic mass is 9.65. The summed E-state index contributed by atoms with van der Waals surface area (Å²) >= 11 is 0. The van der Waals surface area contributed by atoms with E-state index in [0.29, 0.717) is 38.8 Å². The first-order chi connectivity index (χ1) is 35.5. The van der Waals surface area contributed by atoms with Crippen molar-refractivity contribution in [2.45, 2.75) is 241 Å². The summed E-state index contributed by atoms with van der Waals surface area (Å²) < 4.78 is 10.8. The summed E-state index contributed by atoms with van der Waals surface area (Å²) in [5, 5.41) is 28.1. The van der Waals surface area contributed by atoms with E-state index in [2.05, 4.69) is 59.6 Å². The zero-order chi connectivity index (χ0) is 58.6. The molecule has 0 aromatic heterocycles. The second-order valence-electron chi connectivity index (χ2n) is 30.2. The van der Waals surface area contributed by atoms with E-state index in [9.17, 15) is 48.3 Å². The molecule has 0 aromatic rings. The number of ketones is 1.